The van der Waals surface area contributed by atoms with Gasteiger partial charge in [-0.3, -0.25) is 10.1 Å². The van der Waals surface area contributed by atoms with Gasteiger partial charge in [0.15, 0.2) is 0 Å². The maximum absolute atomic E-state index is 11.8. The molecule has 2 N–H and O–H groups in total. The molecule has 7 heteroatoms. The molecule has 5 atom stereocenters. The monoisotopic (exact) mass is 398 g/mol. The van der Waals surface area contributed by atoms with Crippen molar-refractivity contribution in [3.63, 3.8) is 0 Å². The number of benzene rings is 2. The first-order valence-corrected chi connectivity index (χ1v) is 9.90. The SMILES string of the molecule is O=C(O)c1cccc2c1N[C@H](c1cc([N+](=O)[O-])ccc1Cl)[C@H]1[C@H]3CC[C@@H](C3)[C@H]21. The van der Waals surface area contributed by atoms with E-state index in [2.05, 4.69) is 5.32 Å². The first-order valence-electron chi connectivity index (χ1n) is 9.52. The van der Waals surface area contributed by atoms with Crippen molar-refractivity contribution in [1.29, 1.82) is 0 Å². The predicted octanol–water partition coefficient (Wildman–Crippen LogP) is 5.24. The molecule has 2 aliphatic carbocycles. The van der Waals surface area contributed by atoms with Gasteiger partial charge in [0.25, 0.3) is 5.69 Å². The van der Waals surface area contributed by atoms with Crippen LogP contribution in [0.1, 0.15) is 52.7 Å². The van der Waals surface area contributed by atoms with Crippen LogP contribution in [0.25, 0.3) is 0 Å². The lowest BCUT2D eigenvalue weighted by Crippen LogP contribution is -2.36. The van der Waals surface area contributed by atoms with Crippen LogP contribution in [0.5, 0.6) is 0 Å². The van der Waals surface area contributed by atoms with Crippen LogP contribution in [-0.4, -0.2) is 16.0 Å². The third kappa shape index (κ3) is 2.44. The number of aromatic carboxylic acids is 1. The molecule has 0 saturated heterocycles. The maximum Gasteiger partial charge on any atom is 0.337 e. The number of nitrogens with one attached hydrogen (secondary N) is 1. The molecule has 28 heavy (non-hydrogen) atoms. The number of nitrogens with zero attached hydrogens (tertiary/aromatic N) is 1. The number of nitro groups is 1. The Morgan fingerprint density at radius 1 is 1.18 bits per heavy atom. The smallest absolute Gasteiger partial charge is 0.337 e. The molecule has 0 unspecified atom stereocenters. The Kier molecular flexibility index (Phi) is 3.88. The number of para-hydroxylation sites is 1. The Labute approximate surface area is 166 Å². The summed E-state index contributed by atoms with van der Waals surface area (Å²) in [6, 6.07) is 9.72. The van der Waals surface area contributed by atoms with Gasteiger partial charge in [0.1, 0.15) is 0 Å². The van der Waals surface area contributed by atoms with Crippen molar-refractivity contribution in [2.45, 2.75) is 31.2 Å². The second-order valence-corrected chi connectivity index (χ2v) is 8.50. The van der Waals surface area contributed by atoms with Crippen molar-refractivity contribution in [2.75, 3.05) is 5.32 Å². The fourth-order valence-corrected chi connectivity index (χ4v) is 6.12. The van der Waals surface area contributed by atoms with E-state index >= 15 is 0 Å². The summed E-state index contributed by atoms with van der Waals surface area (Å²) < 4.78 is 0. The molecule has 2 aromatic carbocycles. The molecule has 2 fully saturated rings. The highest BCUT2D eigenvalue weighted by Gasteiger charge is 2.54. The van der Waals surface area contributed by atoms with Crippen LogP contribution in [0.4, 0.5) is 11.4 Å². The number of rotatable bonds is 3. The topological polar surface area (TPSA) is 92.5 Å². The summed E-state index contributed by atoms with van der Waals surface area (Å²) in [5.41, 5.74) is 2.62. The van der Waals surface area contributed by atoms with Gasteiger partial charge >= 0.3 is 5.97 Å². The van der Waals surface area contributed by atoms with Gasteiger partial charge in [-0.1, -0.05) is 23.7 Å². The summed E-state index contributed by atoms with van der Waals surface area (Å²) in [5, 5.41) is 24.9. The Hall–Kier alpha value is -2.60. The van der Waals surface area contributed by atoms with Gasteiger partial charge in [-0.15, -0.1) is 0 Å². The molecule has 0 aromatic heterocycles. The molecule has 0 amide bonds. The Bertz CT molecular complexity index is 1010. The number of carboxylic acids is 1. The summed E-state index contributed by atoms with van der Waals surface area (Å²) in [6.07, 6.45) is 3.42. The average Bonchev–Trinajstić information content (AvgIpc) is 3.29. The molecule has 2 aromatic rings. The van der Waals surface area contributed by atoms with Crippen LogP contribution < -0.4 is 5.32 Å². The van der Waals surface area contributed by atoms with Crippen LogP contribution in [0.2, 0.25) is 5.02 Å². The van der Waals surface area contributed by atoms with Crippen LogP contribution in [0, 0.1) is 27.9 Å². The summed E-state index contributed by atoms with van der Waals surface area (Å²) >= 11 is 6.48. The molecule has 5 rings (SSSR count). The minimum absolute atomic E-state index is 0.00165. The van der Waals surface area contributed by atoms with E-state index in [4.69, 9.17) is 11.6 Å². The molecule has 3 aliphatic rings. The van der Waals surface area contributed by atoms with E-state index in [0.717, 1.165) is 24.8 Å². The zero-order valence-corrected chi connectivity index (χ0v) is 15.7. The molecular weight excluding hydrogens is 380 g/mol. The van der Waals surface area contributed by atoms with Gasteiger partial charge in [0, 0.05) is 22.7 Å². The van der Waals surface area contributed by atoms with Crippen molar-refractivity contribution < 1.29 is 14.8 Å². The second kappa shape index (κ2) is 6.21. The molecular formula is C21H19ClN2O4. The number of fused-ring (bicyclic) bond motifs is 7. The van der Waals surface area contributed by atoms with Crippen LogP contribution in [0.15, 0.2) is 36.4 Å². The zero-order chi connectivity index (χ0) is 19.6. The predicted molar refractivity (Wildman–Crippen MR) is 105 cm³/mol. The number of non-ortho nitro benzene ring substituents is 1. The summed E-state index contributed by atoms with van der Waals surface area (Å²) in [5.74, 6) is 0.587. The third-order valence-corrected chi connectivity index (χ3v) is 7.22. The lowest BCUT2D eigenvalue weighted by molar-refractivity contribution is -0.384. The molecule has 2 bridgehead atoms. The lowest BCUT2D eigenvalue weighted by Gasteiger charge is -2.44. The zero-order valence-electron chi connectivity index (χ0n) is 15.0. The van der Waals surface area contributed by atoms with Gasteiger partial charge < -0.3 is 10.4 Å². The third-order valence-electron chi connectivity index (χ3n) is 6.88. The normalized spacial score (nSPS) is 29.7. The number of carboxylic acid groups (broad SMARTS) is 1. The van der Waals surface area contributed by atoms with E-state index < -0.39 is 10.9 Å². The van der Waals surface area contributed by atoms with Gasteiger partial charge in [-0.05, 0) is 60.6 Å². The fourth-order valence-electron chi connectivity index (χ4n) is 5.88. The van der Waals surface area contributed by atoms with Crippen LogP contribution >= 0.6 is 11.6 Å². The van der Waals surface area contributed by atoms with Crippen LogP contribution in [-0.2, 0) is 0 Å². The second-order valence-electron chi connectivity index (χ2n) is 8.10. The van der Waals surface area contributed by atoms with Crippen molar-refractivity contribution in [2.24, 2.45) is 17.8 Å². The molecule has 0 spiro atoms. The molecule has 144 valence electrons. The highest BCUT2D eigenvalue weighted by Crippen LogP contribution is 2.64. The van der Waals surface area contributed by atoms with Crippen molar-refractivity contribution in [3.05, 3.63) is 68.2 Å². The van der Waals surface area contributed by atoms with E-state index in [0.29, 0.717) is 28.1 Å². The van der Waals surface area contributed by atoms with Crippen molar-refractivity contribution >= 4 is 28.9 Å². The number of nitro benzene ring substituents is 1. The van der Waals surface area contributed by atoms with Gasteiger partial charge in [-0.25, -0.2) is 4.79 Å². The number of halogens is 1. The molecule has 1 aliphatic heterocycles. The highest BCUT2D eigenvalue weighted by atomic mass is 35.5. The summed E-state index contributed by atoms with van der Waals surface area (Å²) in [6.45, 7) is 0. The molecule has 6 nitrogen and oxygen atoms in total. The summed E-state index contributed by atoms with van der Waals surface area (Å²) in [4.78, 5) is 22.7. The standard InChI is InChI=1S/C21H19ClN2O4/c22-16-7-6-12(24(27)28)9-15(16)20-18-11-5-4-10(8-11)17(18)13-2-1-3-14(21(25)26)19(13)23-20/h1-3,6-7,9-11,17-18,20,23H,4-5,8H2,(H,25,26)/t10-,11-,17+,18-,20+/m0/s1. The Balaban J connectivity index is 1.69. The number of anilines is 1. The van der Waals surface area contributed by atoms with Crippen LogP contribution in [0.3, 0.4) is 0 Å². The lowest BCUT2D eigenvalue weighted by atomic mass is 9.67. The maximum atomic E-state index is 11.8. The first-order chi connectivity index (χ1) is 13.5. The van der Waals surface area contributed by atoms with E-state index in [1.54, 1.807) is 12.1 Å². The fraction of sp³-hybridized carbons (Fsp3) is 0.381. The molecule has 2 saturated carbocycles. The Morgan fingerprint density at radius 3 is 2.71 bits per heavy atom. The van der Waals surface area contributed by atoms with Crippen molar-refractivity contribution in [3.8, 4) is 0 Å². The number of hydrogen-bond donors (Lipinski definition) is 2. The quantitative estimate of drug-likeness (QED) is 0.544. The average molecular weight is 399 g/mol. The minimum atomic E-state index is -0.977. The number of hydrogen-bond acceptors (Lipinski definition) is 4. The van der Waals surface area contributed by atoms with E-state index in [9.17, 15) is 20.0 Å². The highest BCUT2D eigenvalue weighted by molar-refractivity contribution is 6.31. The van der Waals surface area contributed by atoms with Gasteiger partial charge in [-0.2, -0.15) is 0 Å². The summed E-state index contributed by atoms with van der Waals surface area (Å²) in [7, 11) is 0. The van der Waals surface area contributed by atoms with Gasteiger partial charge in [0.2, 0.25) is 0 Å². The van der Waals surface area contributed by atoms with E-state index in [-0.39, 0.29) is 29.1 Å². The van der Waals surface area contributed by atoms with Crippen molar-refractivity contribution in [1.82, 2.24) is 0 Å². The van der Waals surface area contributed by atoms with E-state index in [1.165, 1.54) is 12.1 Å². The largest absolute Gasteiger partial charge is 0.478 e. The molecule has 1 heterocycles. The van der Waals surface area contributed by atoms with Gasteiger partial charge in [0.05, 0.1) is 22.2 Å². The van der Waals surface area contributed by atoms with E-state index in [1.807, 2.05) is 12.1 Å². The first kappa shape index (κ1) is 17.5. The Morgan fingerprint density at radius 2 is 1.96 bits per heavy atom. The molecule has 0 radical (unpaired) electrons. The minimum Gasteiger partial charge on any atom is -0.478 e. The number of carbonyl (C=O) groups is 1.